The van der Waals surface area contributed by atoms with Gasteiger partial charge < -0.3 is 29.0 Å². The van der Waals surface area contributed by atoms with Gasteiger partial charge >= 0.3 is 0 Å². The largest absolute Gasteiger partial charge is 0.490 e. The van der Waals surface area contributed by atoms with E-state index in [9.17, 15) is 18.3 Å². The first kappa shape index (κ1) is 35.0. The molecule has 3 aromatic rings. The number of aliphatic hydroxyl groups excluding tert-OH is 1. The van der Waals surface area contributed by atoms with Crippen molar-refractivity contribution in [1.82, 2.24) is 9.80 Å². The summed E-state index contributed by atoms with van der Waals surface area (Å²) >= 11 is 1.11. The fourth-order valence-electron chi connectivity index (χ4n) is 5.79. The molecule has 4 atom stereocenters. The molecule has 5 rings (SSSR count). The number of sulfonamides is 1. The van der Waals surface area contributed by atoms with E-state index in [1.807, 2.05) is 32.2 Å². The van der Waals surface area contributed by atoms with E-state index in [4.69, 9.17) is 18.9 Å². The number of thiophene rings is 1. The highest BCUT2D eigenvalue weighted by Crippen LogP contribution is 2.33. The zero-order valence-corrected chi connectivity index (χ0v) is 29.0. The maximum Gasteiger partial charge on any atom is 0.271 e. The fourth-order valence-corrected chi connectivity index (χ4v) is 7.84. The van der Waals surface area contributed by atoms with Crippen LogP contribution in [0.3, 0.4) is 0 Å². The molecule has 13 heteroatoms. The first-order valence-corrected chi connectivity index (χ1v) is 18.4. The van der Waals surface area contributed by atoms with Crippen LogP contribution in [0.1, 0.15) is 56.0 Å². The Kier molecular flexibility index (Phi) is 11.7. The van der Waals surface area contributed by atoms with Gasteiger partial charge in [-0.25, -0.2) is 8.42 Å². The molecule has 0 spiro atoms. The first-order valence-electron chi connectivity index (χ1n) is 16.0. The Morgan fingerprint density at radius 3 is 2.64 bits per heavy atom. The predicted octanol–water partition coefficient (Wildman–Crippen LogP) is 5.21. The van der Waals surface area contributed by atoms with Crippen LogP contribution in [0.15, 0.2) is 58.1 Å². The quantitative estimate of drug-likeness (QED) is 0.312. The summed E-state index contributed by atoms with van der Waals surface area (Å²) in [5.41, 5.74) is 1.57. The number of carbonyl (C=O) groups is 1. The van der Waals surface area contributed by atoms with Gasteiger partial charge in [0, 0.05) is 37.8 Å². The predicted molar refractivity (Wildman–Crippen MR) is 181 cm³/mol. The number of anilines is 1. The fraction of sp³-hybridized carbons (Fsp3) is 0.500. The second kappa shape index (κ2) is 15.7. The molecule has 0 saturated heterocycles. The van der Waals surface area contributed by atoms with Crippen molar-refractivity contribution in [2.75, 3.05) is 44.9 Å². The van der Waals surface area contributed by atoms with Gasteiger partial charge in [-0.2, -0.15) is 0 Å². The van der Waals surface area contributed by atoms with Crippen LogP contribution in [-0.2, 0) is 21.3 Å². The molecule has 11 nitrogen and oxygen atoms in total. The minimum atomic E-state index is -3.83. The van der Waals surface area contributed by atoms with Crippen LogP contribution in [0, 0.1) is 5.92 Å². The molecule has 2 N–H and O–H groups in total. The number of aliphatic hydroxyl groups is 1. The Labute approximate surface area is 281 Å². The van der Waals surface area contributed by atoms with Gasteiger partial charge in [0.15, 0.2) is 11.5 Å². The van der Waals surface area contributed by atoms with Crippen molar-refractivity contribution in [2.45, 2.75) is 69.0 Å². The normalized spacial score (nSPS) is 21.5. The topological polar surface area (TPSA) is 127 Å². The second-order valence-electron chi connectivity index (χ2n) is 12.4. The van der Waals surface area contributed by atoms with Crippen molar-refractivity contribution in [3.63, 3.8) is 0 Å². The summed E-state index contributed by atoms with van der Waals surface area (Å²) in [5.74, 6) is 1.40. The summed E-state index contributed by atoms with van der Waals surface area (Å²) in [5, 5.41) is 11.9. The van der Waals surface area contributed by atoms with Gasteiger partial charge in [0.05, 0.1) is 30.4 Å². The Balaban J connectivity index is 1.40. The molecule has 0 bridgehead atoms. The second-order valence-corrected chi connectivity index (χ2v) is 15.3. The lowest BCUT2D eigenvalue weighted by Gasteiger charge is -2.36. The lowest BCUT2D eigenvalue weighted by molar-refractivity contribution is -0.0177. The average molecular weight is 688 g/mol. The van der Waals surface area contributed by atoms with Gasteiger partial charge in [0.1, 0.15) is 9.96 Å². The first-order chi connectivity index (χ1) is 22.5. The molecule has 0 radical (unpaired) electrons. The number of nitrogens with zero attached hydrogens (tertiary/aromatic N) is 2. The molecule has 3 heterocycles. The molecule has 256 valence electrons. The number of nitrogens with one attached hydrogen (secondary N) is 1. The van der Waals surface area contributed by atoms with E-state index in [1.54, 1.807) is 35.4 Å². The minimum Gasteiger partial charge on any atom is -0.490 e. The number of fused-ring (bicyclic) bond motifs is 2. The van der Waals surface area contributed by atoms with E-state index in [0.717, 1.165) is 47.7 Å². The van der Waals surface area contributed by atoms with Crippen LogP contribution in [0.5, 0.6) is 17.2 Å². The third-order valence-electron chi connectivity index (χ3n) is 8.44. The molecule has 0 fully saturated rings. The minimum absolute atomic E-state index is 0.0982. The van der Waals surface area contributed by atoms with E-state index in [2.05, 4.69) is 16.5 Å². The number of ether oxygens (including phenoxy) is 4. The van der Waals surface area contributed by atoms with Gasteiger partial charge in [-0.15, -0.1) is 11.3 Å². The summed E-state index contributed by atoms with van der Waals surface area (Å²) in [6.45, 7) is 7.97. The van der Waals surface area contributed by atoms with Crippen LogP contribution in [0.2, 0.25) is 0 Å². The summed E-state index contributed by atoms with van der Waals surface area (Å²) in [4.78, 5) is 18.2. The van der Waals surface area contributed by atoms with Crippen molar-refractivity contribution < 1.29 is 37.3 Å². The Bertz CT molecular complexity index is 1600. The number of amides is 1. The average Bonchev–Trinajstić information content (AvgIpc) is 3.75. The third kappa shape index (κ3) is 8.96. The molecule has 47 heavy (non-hydrogen) atoms. The Hall–Kier alpha value is -3.36. The summed E-state index contributed by atoms with van der Waals surface area (Å²) in [6.07, 6.45) is 2.10. The van der Waals surface area contributed by atoms with Gasteiger partial charge in [0.25, 0.3) is 15.9 Å². The van der Waals surface area contributed by atoms with Crippen molar-refractivity contribution >= 4 is 33.0 Å². The van der Waals surface area contributed by atoms with E-state index in [-0.39, 0.29) is 52.9 Å². The summed E-state index contributed by atoms with van der Waals surface area (Å²) < 4.78 is 52.5. The highest BCUT2D eigenvalue weighted by Gasteiger charge is 2.31. The van der Waals surface area contributed by atoms with E-state index in [1.165, 1.54) is 12.1 Å². The van der Waals surface area contributed by atoms with E-state index >= 15 is 0 Å². The van der Waals surface area contributed by atoms with Crippen molar-refractivity contribution in [3.8, 4) is 17.2 Å². The van der Waals surface area contributed by atoms with Crippen LogP contribution in [0.4, 0.5) is 5.69 Å². The lowest BCUT2D eigenvalue weighted by atomic mass is 10.0. The third-order valence-corrected chi connectivity index (χ3v) is 11.2. The maximum atomic E-state index is 14.4. The van der Waals surface area contributed by atoms with Crippen molar-refractivity contribution in [3.05, 3.63) is 65.0 Å². The molecular weight excluding hydrogens is 643 g/mol. The SMILES string of the molecule is C[C@@H]1CCCCO[C@H](CN(C)Cc2ccc3c(c2)OCO3)[C@H](C)CN([C@@H](C)CO)C(=O)c2cc(NS(=O)(=O)c3cccs3)ccc2O1. The molecule has 0 saturated carbocycles. The number of rotatable bonds is 9. The lowest BCUT2D eigenvalue weighted by Crippen LogP contribution is -2.47. The van der Waals surface area contributed by atoms with Crippen LogP contribution >= 0.6 is 11.3 Å². The Morgan fingerprint density at radius 1 is 1.09 bits per heavy atom. The van der Waals surface area contributed by atoms with Gasteiger partial charge in [-0.05, 0) is 87.5 Å². The van der Waals surface area contributed by atoms with E-state index < -0.39 is 16.1 Å². The Morgan fingerprint density at radius 2 is 1.87 bits per heavy atom. The smallest absolute Gasteiger partial charge is 0.271 e. The zero-order chi connectivity index (χ0) is 33.6. The monoisotopic (exact) mass is 687 g/mol. The summed E-state index contributed by atoms with van der Waals surface area (Å²) in [7, 11) is -1.79. The van der Waals surface area contributed by atoms with E-state index in [0.29, 0.717) is 32.0 Å². The van der Waals surface area contributed by atoms with Crippen molar-refractivity contribution in [2.24, 2.45) is 5.92 Å². The number of hydrogen-bond acceptors (Lipinski definition) is 10. The molecular formula is C34H45N3O8S2. The number of likely N-dealkylation sites (N-methyl/N-ethyl adjacent to an activating group) is 1. The number of benzene rings is 2. The zero-order valence-electron chi connectivity index (χ0n) is 27.4. The molecule has 2 aromatic carbocycles. The maximum absolute atomic E-state index is 14.4. The number of hydrogen-bond donors (Lipinski definition) is 2. The van der Waals surface area contributed by atoms with Gasteiger partial charge in [-0.1, -0.05) is 19.1 Å². The number of carbonyl (C=O) groups excluding carboxylic acids is 1. The highest BCUT2D eigenvalue weighted by molar-refractivity contribution is 7.94. The van der Waals surface area contributed by atoms with Crippen LogP contribution in [-0.4, -0.2) is 87.6 Å². The standard InChI is InChI=1S/C34H45N3O8S2/c1-23-18-37(24(2)21-38)34(39)28-17-27(35-47(40,41)33-9-7-15-46-33)11-13-29(28)45-25(3)8-5-6-14-42-32(23)20-36(4)19-26-10-12-30-31(16-26)44-22-43-30/h7,9-13,15-17,23-25,32,35,38H,5-6,8,14,18-22H2,1-4H3/t23-,24+,25-,32-/m1/s1. The van der Waals surface area contributed by atoms with Gasteiger partial charge in [0.2, 0.25) is 6.79 Å². The van der Waals surface area contributed by atoms with Crippen LogP contribution < -0.4 is 18.9 Å². The molecule has 1 amide bonds. The molecule has 2 aliphatic rings. The summed E-state index contributed by atoms with van der Waals surface area (Å²) in [6, 6.07) is 13.4. The molecule has 1 aromatic heterocycles. The van der Waals surface area contributed by atoms with Crippen molar-refractivity contribution in [1.29, 1.82) is 0 Å². The molecule has 0 unspecified atom stereocenters. The highest BCUT2D eigenvalue weighted by atomic mass is 32.2. The van der Waals surface area contributed by atoms with Crippen LogP contribution in [0.25, 0.3) is 0 Å². The molecule has 0 aliphatic carbocycles. The van der Waals surface area contributed by atoms with Gasteiger partial charge in [-0.3, -0.25) is 14.4 Å². The molecule has 2 aliphatic heterocycles.